The van der Waals surface area contributed by atoms with Gasteiger partial charge in [-0.05, 0) is 25.7 Å². The first-order chi connectivity index (χ1) is 25.0. The second kappa shape index (κ2) is 42.8. The zero-order chi connectivity index (χ0) is 38.6. The molecule has 0 aromatic carbocycles. The molecule has 18 heteroatoms. The molecule has 0 heterocycles. The van der Waals surface area contributed by atoms with E-state index < -0.39 is 54.7 Å². The van der Waals surface area contributed by atoms with Gasteiger partial charge in [0.25, 0.3) is 0 Å². The van der Waals surface area contributed by atoms with Gasteiger partial charge in [0.1, 0.15) is 12.2 Å². The first-order valence-corrected chi connectivity index (χ1v) is 24.4. The fourth-order valence-electron chi connectivity index (χ4n) is 5.20. The molecule has 0 aliphatic rings. The Hall–Kier alpha value is 1.73. The third-order valence-corrected chi connectivity index (χ3v) is 11.0. The third-order valence-electron chi connectivity index (χ3n) is 8.19. The van der Waals surface area contributed by atoms with Crippen LogP contribution in [0, 0.1) is 0 Å². The average Bonchev–Trinajstić information content (AvgIpc) is 3.08. The molecule has 0 spiro atoms. The Labute approximate surface area is 376 Å². The van der Waals surface area contributed by atoms with E-state index in [4.69, 9.17) is 28.4 Å². The molecule has 0 bridgehead atoms. The molecule has 0 aliphatic carbocycles. The van der Waals surface area contributed by atoms with Crippen LogP contribution in [0.2, 0.25) is 0 Å². The molecule has 0 N–H and O–H groups in total. The maximum absolute atomic E-state index is 12.5. The molecule has 2 unspecified atom stereocenters. The maximum atomic E-state index is 12.5. The molecule has 0 rings (SSSR count). The second-order valence-corrected chi connectivity index (χ2v) is 18.1. The van der Waals surface area contributed by atoms with Gasteiger partial charge in [0.05, 0.1) is 59.9 Å². The molecule has 0 aromatic rings. The normalized spacial score (nSPS) is 13.6. The summed E-state index contributed by atoms with van der Waals surface area (Å²) in [5.74, 6) is -0.415. The topological polar surface area (TPSA) is 187 Å². The molecule has 0 aliphatic heterocycles. The van der Waals surface area contributed by atoms with E-state index in [0.29, 0.717) is 13.2 Å². The summed E-state index contributed by atoms with van der Waals surface area (Å²) in [4.78, 5) is 0. The Bertz CT molecular complexity index is 947. The van der Waals surface area contributed by atoms with Gasteiger partial charge in [0, 0.05) is 60.2 Å². The van der Waals surface area contributed by atoms with E-state index >= 15 is 0 Å². The SMILES string of the molecule is CCCCCCCCCCOCC(COCCS(=O)CCOCC(COCCCCCCCCCC)OCCCS(=O)(=O)[O-])OCCCS(=O)(=O)[O-].[Na+].[Na+]. The summed E-state index contributed by atoms with van der Waals surface area (Å²) in [6.07, 6.45) is 18.4. The summed E-state index contributed by atoms with van der Waals surface area (Å²) in [5, 5.41) is 0. The molecule has 54 heavy (non-hydrogen) atoms. The van der Waals surface area contributed by atoms with Gasteiger partial charge in [-0.25, -0.2) is 16.8 Å². The Morgan fingerprint density at radius 1 is 0.444 bits per heavy atom. The second-order valence-electron chi connectivity index (χ2n) is 13.3. The van der Waals surface area contributed by atoms with Crippen molar-refractivity contribution in [2.24, 2.45) is 0 Å². The third kappa shape index (κ3) is 48.1. The van der Waals surface area contributed by atoms with Gasteiger partial charge in [-0.3, -0.25) is 4.21 Å². The van der Waals surface area contributed by atoms with E-state index in [1.165, 1.54) is 77.0 Å². The fraction of sp³-hybridized carbons (Fsp3) is 1.00. The van der Waals surface area contributed by atoms with E-state index in [0.717, 1.165) is 25.7 Å². The van der Waals surface area contributed by atoms with Crippen LogP contribution in [0.25, 0.3) is 0 Å². The quantitative estimate of drug-likeness (QED) is 0.0445. The van der Waals surface area contributed by atoms with Crippen LogP contribution in [0.4, 0.5) is 0 Å². The van der Waals surface area contributed by atoms with Gasteiger partial charge < -0.3 is 37.5 Å². The smallest absolute Gasteiger partial charge is 0.748 e. The summed E-state index contributed by atoms with van der Waals surface area (Å²) in [6.45, 7) is 7.13. The standard InChI is InChI=1S/C36H74O13S3.2Na/c1-3-5-7-9-11-13-15-17-21-44-31-35(48-23-19-29-51(38,39)40)33-46-25-27-50(37)28-26-47-34-36(49-24-20-30-52(41,42)43)32-45-22-18-16-14-12-10-8-6-4-2;;/h35-36H,3-34H2,1-2H3,(H,38,39,40)(H,41,42,43);;/q;2*+1/p-2. The summed E-state index contributed by atoms with van der Waals surface area (Å²) in [5.41, 5.74) is 0. The summed E-state index contributed by atoms with van der Waals surface area (Å²) < 4.78 is 112. The van der Waals surface area contributed by atoms with Gasteiger partial charge in [0.15, 0.2) is 0 Å². The summed E-state index contributed by atoms with van der Waals surface area (Å²) in [6, 6.07) is 0. The van der Waals surface area contributed by atoms with Crippen molar-refractivity contribution in [2.75, 3.05) is 89.1 Å². The molecule has 0 amide bonds. The van der Waals surface area contributed by atoms with Crippen molar-refractivity contribution in [3.8, 4) is 0 Å². The number of hydrogen-bond donors (Lipinski definition) is 0. The fourth-order valence-corrected chi connectivity index (χ4v) is 6.96. The zero-order valence-corrected chi connectivity index (χ0v) is 40.8. The number of unbranched alkanes of at least 4 members (excludes halogenated alkanes) is 14. The molecular weight excluding hydrogens is 783 g/mol. The largest absolute Gasteiger partial charge is 1.00 e. The van der Waals surface area contributed by atoms with Gasteiger partial charge in [-0.15, -0.1) is 0 Å². The number of rotatable bonds is 42. The van der Waals surface area contributed by atoms with Crippen molar-refractivity contribution < 1.29 is 118 Å². The summed E-state index contributed by atoms with van der Waals surface area (Å²) >= 11 is 0. The van der Waals surface area contributed by atoms with E-state index in [1.54, 1.807) is 0 Å². The van der Waals surface area contributed by atoms with Crippen LogP contribution in [-0.4, -0.2) is 131 Å². The predicted molar refractivity (Wildman–Crippen MR) is 204 cm³/mol. The van der Waals surface area contributed by atoms with Crippen LogP contribution >= 0.6 is 0 Å². The van der Waals surface area contributed by atoms with Gasteiger partial charge in [-0.1, -0.05) is 104 Å². The van der Waals surface area contributed by atoms with E-state index in [1.807, 2.05) is 0 Å². The molecule has 2 atom stereocenters. The predicted octanol–water partition coefficient (Wildman–Crippen LogP) is -0.268. The number of ether oxygens (including phenoxy) is 6. The molecule has 0 aromatic heterocycles. The molecule has 314 valence electrons. The molecule has 0 fully saturated rings. The van der Waals surface area contributed by atoms with Crippen LogP contribution in [-0.2, 0) is 59.5 Å². The Balaban J connectivity index is -0.0000130. The number of hydrogen-bond acceptors (Lipinski definition) is 13. The minimum Gasteiger partial charge on any atom is -0.748 e. The Kier molecular flexibility index (Phi) is 47.6. The van der Waals surface area contributed by atoms with Crippen molar-refractivity contribution in [1.29, 1.82) is 0 Å². The van der Waals surface area contributed by atoms with E-state index in [9.17, 15) is 30.1 Å². The minimum atomic E-state index is -4.31. The monoisotopic (exact) mass is 854 g/mol. The van der Waals surface area contributed by atoms with Gasteiger partial charge in [-0.2, -0.15) is 0 Å². The van der Waals surface area contributed by atoms with Crippen molar-refractivity contribution in [3.63, 3.8) is 0 Å². The van der Waals surface area contributed by atoms with Crippen LogP contribution in [0.1, 0.15) is 129 Å². The first-order valence-electron chi connectivity index (χ1n) is 19.7. The molecule has 13 nitrogen and oxygen atoms in total. The Morgan fingerprint density at radius 3 is 1.06 bits per heavy atom. The maximum Gasteiger partial charge on any atom is 1.00 e. The van der Waals surface area contributed by atoms with Gasteiger partial charge in [0.2, 0.25) is 0 Å². The van der Waals surface area contributed by atoms with Crippen molar-refractivity contribution in [2.45, 2.75) is 142 Å². The van der Waals surface area contributed by atoms with Crippen LogP contribution in [0.3, 0.4) is 0 Å². The van der Waals surface area contributed by atoms with Crippen LogP contribution < -0.4 is 59.1 Å². The molecule has 0 radical (unpaired) electrons. The average molecular weight is 855 g/mol. The molecule has 0 saturated carbocycles. The van der Waals surface area contributed by atoms with E-state index in [2.05, 4.69) is 13.8 Å². The van der Waals surface area contributed by atoms with Crippen molar-refractivity contribution in [3.05, 3.63) is 0 Å². The van der Waals surface area contributed by atoms with Crippen molar-refractivity contribution >= 4 is 31.0 Å². The van der Waals surface area contributed by atoms with Crippen molar-refractivity contribution in [1.82, 2.24) is 0 Å². The zero-order valence-electron chi connectivity index (χ0n) is 34.3. The van der Waals surface area contributed by atoms with Crippen LogP contribution in [0.5, 0.6) is 0 Å². The minimum absolute atomic E-state index is 0. The molecular formula is C36H72Na2O13S3. The molecule has 0 saturated heterocycles. The summed E-state index contributed by atoms with van der Waals surface area (Å²) in [7, 11) is -9.82. The first kappa shape index (κ1) is 60.0. The van der Waals surface area contributed by atoms with Crippen LogP contribution in [0.15, 0.2) is 0 Å². The van der Waals surface area contributed by atoms with Gasteiger partial charge >= 0.3 is 59.1 Å². The van der Waals surface area contributed by atoms with E-state index in [-0.39, 0.29) is 136 Å². The Morgan fingerprint density at radius 2 is 0.741 bits per heavy atom.